The van der Waals surface area contributed by atoms with Crippen LogP contribution in [0, 0.1) is 23.6 Å². The number of aromatic nitrogens is 3. The molecule has 3 heterocycles. The van der Waals surface area contributed by atoms with E-state index < -0.39 is 28.9 Å². The average molecular weight is 451 g/mol. The molecule has 2 N–H and O–H groups in total. The second-order valence-electron chi connectivity index (χ2n) is 7.22. The number of benzene rings is 3. The number of halogens is 3. The SMILES string of the molecule is O=C1COc2cc(F)c(-c3c(F)cc4[nH][c]c(-c5ccc6snnc6c5)c4c3F)cc2N1. The molecule has 1 aliphatic heterocycles. The van der Waals surface area contributed by atoms with Crippen LogP contribution in [0.1, 0.15) is 0 Å². The van der Waals surface area contributed by atoms with Crippen molar-refractivity contribution < 1.29 is 22.7 Å². The summed E-state index contributed by atoms with van der Waals surface area (Å²) in [6, 6.07) is 8.54. The van der Waals surface area contributed by atoms with Crippen molar-refractivity contribution in [2.24, 2.45) is 0 Å². The molecule has 10 heteroatoms. The zero-order chi connectivity index (χ0) is 22.0. The maximum absolute atomic E-state index is 15.7. The van der Waals surface area contributed by atoms with E-state index in [1.54, 1.807) is 18.2 Å². The van der Waals surface area contributed by atoms with Gasteiger partial charge in [0, 0.05) is 22.6 Å². The van der Waals surface area contributed by atoms with Gasteiger partial charge in [-0.2, -0.15) is 0 Å². The Morgan fingerprint density at radius 3 is 2.84 bits per heavy atom. The Morgan fingerprint density at radius 1 is 1.09 bits per heavy atom. The number of carbonyl (C=O) groups is 1. The highest BCUT2D eigenvalue weighted by atomic mass is 32.1. The fourth-order valence-corrected chi connectivity index (χ4v) is 4.39. The van der Waals surface area contributed by atoms with Crippen molar-refractivity contribution in [1.82, 2.24) is 14.6 Å². The van der Waals surface area contributed by atoms with Crippen LogP contribution in [-0.4, -0.2) is 27.1 Å². The summed E-state index contributed by atoms with van der Waals surface area (Å²) in [7, 11) is 0. The maximum atomic E-state index is 15.7. The summed E-state index contributed by atoms with van der Waals surface area (Å²) in [5.41, 5.74) is 1.00. The number of H-pyrrole nitrogens is 1. The number of fused-ring (bicyclic) bond motifs is 3. The Hall–Kier alpha value is -3.92. The zero-order valence-electron chi connectivity index (χ0n) is 15.9. The second kappa shape index (κ2) is 6.79. The topological polar surface area (TPSA) is 79.9 Å². The van der Waals surface area contributed by atoms with Gasteiger partial charge in [-0.3, -0.25) is 4.79 Å². The summed E-state index contributed by atoms with van der Waals surface area (Å²) in [6.07, 6.45) is 2.86. The highest BCUT2D eigenvalue weighted by Crippen LogP contribution is 2.41. The van der Waals surface area contributed by atoms with Crippen molar-refractivity contribution in [3.8, 4) is 28.0 Å². The molecule has 0 aliphatic carbocycles. The number of rotatable bonds is 2. The maximum Gasteiger partial charge on any atom is 0.262 e. The predicted octanol–water partition coefficient (Wildman–Crippen LogP) is 5.05. The molecule has 6 rings (SSSR count). The number of nitrogens with zero attached hydrogens (tertiary/aromatic N) is 2. The molecule has 0 bridgehead atoms. The van der Waals surface area contributed by atoms with Crippen molar-refractivity contribution in [2.45, 2.75) is 0 Å². The van der Waals surface area contributed by atoms with Crippen LogP contribution in [0.5, 0.6) is 5.75 Å². The molecule has 1 aliphatic rings. The van der Waals surface area contributed by atoms with Gasteiger partial charge in [0.05, 0.1) is 27.7 Å². The summed E-state index contributed by atoms with van der Waals surface area (Å²) < 4.78 is 55.5. The van der Waals surface area contributed by atoms with Gasteiger partial charge in [0.1, 0.15) is 28.7 Å². The van der Waals surface area contributed by atoms with Gasteiger partial charge >= 0.3 is 0 Å². The number of amides is 1. The minimum Gasteiger partial charge on any atom is -0.481 e. The standard InChI is InChI=1S/C22H10F3N4O2S/c23-12-6-17-14(27-19(30)8-31-17)4-10(12)20-13(24)5-16-21(22(20)25)11(7-26-16)9-1-2-18-15(3-9)28-29-32-18/h1-6,26H,8H2,(H,27,30). The van der Waals surface area contributed by atoms with Crippen molar-refractivity contribution in [2.75, 3.05) is 11.9 Å². The lowest BCUT2D eigenvalue weighted by atomic mass is 9.97. The van der Waals surface area contributed by atoms with Gasteiger partial charge in [-0.15, -0.1) is 5.10 Å². The van der Waals surface area contributed by atoms with E-state index in [0.717, 1.165) is 22.9 Å². The van der Waals surface area contributed by atoms with E-state index in [2.05, 4.69) is 26.1 Å². The highest BCUT2D eigenvalue weighted by molar-refractivity contribution is 7.12. The highest BCUT2D eigenvalue weighted by Gasteiger charge is 2.25. The Labute approximate surface area is 181 Å². The monoisotopic (exact) mass is 451 g/mol. The molecule has 2 aromatic heterocycles. The largest absolute Gasteiger partial charge is 0.481 e. The van der Waals surface area contributed by atoms with E-state index in [4.69, 9.17) is 4.74 Å². The average Bonchev–Trinajstić information content (AvgIpc) is 3.40. The number of ether oxygens (including phenoxy) is 1. The first-order valence-corrected chi connectivity index (χ1v) is 10.2. The molecule has 1 amide bonds. The molecular weight excluding hydrogens is 441 g/mol. The predicted molar refractivity (Wildman–Crippen MR) is 113 cm³/mol. The number of nitrogens with one attached hydrogen (secondary N) is 2. The fraction of sp³-hybridized carbons (Fsp3) is 0.0455. The van der Waals surface area contributed by atoms with Crippen LogP contribution in [0.3, 0.4) is 0 Å². The van der Waals surface area contributed by atoms with E-state index in [9.17, 15) is 13.6 Å². The molecule has 0 spiro atoms. The molecule has 0 saturated heterocycles. The number of hydrogen-bond acceptors (Lipinski definition) is 5. The molecule has 0 unspecified atom stereocenters. The Bertz CT molecular complexity index is 1580. The smallest absolute Gasteiger partial charge is 0.262 e. The fourth-order valence-electron chi connectivity index (χ4n) is 3.85. The molecule has 1 radical (unpaired) electrons. The van der Waals surface area contributed by atoms with E-state index in [1.165, 1.54) is 11.5 Å². The van der Waals surface area contributed by atoms with E-state index >= 15 is 4.39 Å². The van der Waals surface area contributed by atoms with Crippen LogP contribution in [0.2, 0.25) is 0 Å². The van der Waals surface area contributed by atoms with Crippen LogP contribution in [0.25, 0.3) is 43.4 Å². The van der Waals surface area contributed by atoms with Crippen LogP contribution < -0.4 is 10.1 Å². The van der Waals surface area contributed by atoms with Gasteiger partial charge in [0.15, 0.2) is 6.61 Å². The summed E-state index contributed by atoms with van der Waals surface area (Å²) in [5, 5.41) is 6.60. The van der Waals surface area contributed by atoms with E-state index in [0.29, 0.717) is 16.6 Å². The summed E-state index contributed by atoms with van der Waals surface area (Å²) in [5.74, 6) is -3.15. The van der Waals surface area contributed by atoms with Gasteiger partial charge < -0.3 is 15.0 Å². The van der Waals surface area contributed by atoms with Crippen molar-refractivity contribution >= 4 is 44.2 Å². The van der Waals surface area contributed by atoms with E-state index in [-0.39, 0.29) is 34.5 Å². The van der Waals surface area contributed by atoms with Crippen LogP contribution in [0.4, 0.5) is 18.9 Å². The third-order valence-corrected chi connectivity index (χ3v) is 6.00. The third-order valence-electron chi connectivity index (χ3n) is 5.30. The summed E-state index contributed by atoms with van der Waals surface area (Å²) in [4.78, 5) is 14.4. The van der Waals surface area contributed by atoms with Crippen LogP contribution >= 0.6 is 11.5 Å². The molecule has 32 heavy (non-hydrogen) atoms. The first-order chi connectivity index (χ1) is 15.5. The van der Waals surface area contributed by atoms with Gasteiger partial charge in [0.2, 0.25) is 0 Å². The lowest BCUT2D eigenvalue weighted by Crippen LogP contribution is -2.25. The van der Waals surface area contributed by atoms with Crippen LogP contribution in [0.15, 0.2) is 36.4 Å². The first kappa shape index (κ1) is 18.8. The zero-order valence-corrected chi connectivity index (χ0v) is 16.7. The van der Waals surface area contributed by atoms with Crippen molar-refractivity contribution in [3.63, 3.8) is 0 Å². The number of carbonyl (C=O) groups excluding carboxylic acids is 1. The molecule has 0 fully saturated rings. The summed E-state index contributed by atoms with van der Waals surface area (Å²) in [6.45, 7) is -0.262. The minimum absolute atomic E-state index is 0.0568. The molecular formula is C22H10F3N4O2S. The van der Waals surface area contributed by atoms with Gasteiger partial charge in [-0.1, -0.05) is 10.6 Å². The Kier molecular flexibility index (Phi) is 3.99. The van der Waals surface area contributed by atoms with Crippen molar-refractivity contribution in [3.05, 3.63) is 60.0 Å². The lowest BCUT2D eigenvalue weighted by Gasteiger charge is -2.19. The summed E-state index contributed by atoms with van der Waals surface area (Å²) >= 11 is 1.23. The minimum atomic E-state index is -0.960. The Morgan fingerprint density at radius 2 is 1.97 bits per heavy atom. The number of hydrogen-bond donors (Lipinski definition) is 2. The van der Waals surface area contributed by atoms with E-state index in [1.807, 2.05) is 0 Å². The molecule has 0 atom stereocenters. The third kappa shape index (κ3) is 2.76. The molecule has 0 saturated carbocycles. The normalized spacial score (nSPS) is 13.3. The van der Waals surface area contributed by atoms with Gasteiger partial charge in [-0.25, -0.2) is 13.2 Å². The van der Waals surface area contributed by atoms with Crippen molar-refractivity contribution in [1.29, 1.82) is 0 Å². The molecule has 6 nitrogen and oxygen atoms in total. The molecule has 3 aromatic carbocycles. The number of anilines is 1. The van der Waals surface area contributed by atoms with Gasteiger partial charge in [-0.05, 0) is 41.4 Å². The second-order valence-corrected chi connectivity index (χ2v) is 8.00. The van der Waals surface area contributed by atoms with Gasteiger partial charge in [0.25, 0.3) is 5.91 Å². The number of aromatic amines is 1. The quantitative estimate of drug-likeness (QED) is 0.394. The Balaban J connectivity index is 1.58. The first-order valence-electron chi connectivity index (χ1n) is 9.40. The van der Waals surface area contributed by atoms with Crippen LogP contribution in [-0.2, 0) is 4.79 Å². The lowest BCUT2D eigenvalue weighted by molar-refractivity contribution is -0.118. The molecule has 5 aromatic rings. The molecule has 157 valence electrons.